The third-order valence-electron chi connectivity index (χ3n) is 3.95. The van der Waals surface area contributed by atoms with Gasteiger partial charge in [-0.1, -0.05) is 35.0 Å². The van der Waals surface area contributed by atoms with E-state index in [0.717, 1.165) is 10.0 Å². The van der Waals surface area contributed by atoms with Crippen LogP contribution in [0.5, 0.6) is 5.75 Å². The van der Waals surface area contributed by atoms with E-state index >= 15 is 0 Å². The van der Waals surface area contributed by atoms with Gasteiger partial charge in [0.2, 0.25) is 10.0 Å². The van der Waals surface area contributed by atoms with Crippen molar-refractivity contribution in [2.75, 3.05) is 13.7 Å². The maximum absolute atomic E-state index is 12.6. The van der Waals surface area contributed by atoms with Crippen molar-refractivity contribution >= 4 is 31.9 Å². The summed E-state index contributed by atoms with van der Waals surface area (Å²) < 4.78 is 33.6. The summed E-state index contributed by atoms with van der Waals surface area (Å²) in [6.07, 6.45) is 0.659. The van der Waals surface area contributed by atoms with E-state index in [1.807, 2.05) is 38.1 Å². The molecule has 0 saturated heterocycles. The summed E-state index contributed by atoms with van der Waals surface area (Å²) >= 11 is 3.41. The van der Waals surface area contributed by atoms with Crippen LogP contribution in [0.4, 0.5) is 0 Å². The van der Waals surface area contributed by atoms with Crippen LogP contribution >= 0.6 is 15.9 Å². The Balaban J connectivity index is 2.27. The second-order valence-electron chi connectivity index (χ2n) is 6.01. The first-order valence-electron chi connectivity index (χ1n) is 8.52. The van der Waals surface area contributed by atoms with Crippen molar-refractivity contribution in [3.05, 3.63) is 58.1 Å². The highest BCUT2D eigenvalue weighted by Crippen LogP contribution is 2.25. The van der Waals surface area contributed by atoms with E-state index in [1.165, 1.54) is 19.2 Å². The Kier molecular flexibility index (Phi) is 7.41. The predicted octanol–water partition coefficient (Wildman–Crippen LogP) is 3.64. The highest BCUT2D eigenvalue weighted by molar-refractivity contribution is 9.10. The zero-order valence-electron chi connectivity index (χ0n) is 15.5. The first kappa shape index (κ1) is 21.4. The third kappa shape index (κ3) is 5.54. The number of halogens is 1. The molecular weight excluding hydrogens is 432 g/mol. The Bertz CT molecular complexity index is 916. The average Bonchev–Trinajstić information content (AvgIpc) is 2.65. The molecule has 27 heavy (non-hydrogen) atoms. The zero-order valence-corrected chi connectivity index (χ0v) is 17.9. The second kappa shape index (κ2) is 9.34. The molecule has 2 aromatic rings. The quantitative estimate of drug-likeness (QED) is 0.637. The lowest BCUT2D eigenvalue weighted by Crippen LogP contribution is -2.28. The molecule has 0 bridgehead atoms. The number of hydrogen-bond acceptors (Lipinski definition) is 4. The Hall–Kier alpha value is -1.90. The van der Waals surface area contributed by atoms with Gasteiger partial charge in [-0.15, -0.1) is 0 Å². The van der Waals surface area contributed by atoms with Crippen LogP contribution in [0.25, 0.3) is 0 Å². The molecule has 0 spiro atoms. The standard InChI is InChI=1S/C19H23BrN2O4S/c1-4-10-21-27(24,25)18-12-15(8-9-17(18)26-3)19(23)22-13(2)14-6-5-7-16(20)11-14/h5-9,11-13,21H,4,10H2,1-3H3,(H,22,23). The molecule has 0 aliphatic carbocycles. The lowest BCUT2D eigenvalue weighted by atomic mass is 10.1. The lowest BCUT2D eigenvalue weighted by Gasteiger charge is -2.16. The second-order valence-corrected chi connectivity index (χ2v) is 8.66. The fraction of sp³-hybridized carbons (Fsp3) is 0.316. The van der Waals surface area contributed by atoms with E-state index in [4.69, 9.17) is 4.74 Å². The van der Waals surface area contributed by atoms with E-state index in [1.54, 1.807) is 6.07 Å². The third-order valence-corrected chi connectivity index (χ3v) is 5.93. The number of methoxy groups -OCH3 is 1. The van der Waals surface area contributed by atoms with E-state index < -0.39 is 10.0 Å². The molecule has 6 nitrogen and oxygen atoms in total. The van der Waals surface area contributed by atoms with Gasteiger partial charge in [0.15, 0.2) is 0 Å². The van der Waals surface area contributed by atoms with Gasteiger partial charge < -0.3 is 10.1 Å². The lowest BCUT2D eigenvalue weighted by molar-refractivity contribution is 0.0939. The number of hydrogen-bond donors (Lipinski definition) is 2. The van der Waals surface area contributed by atoms with E-state index in [9.17, 15) is 13.2 Å². The fourth-order valence-corrected chi connectivity index (χ4v) is 4.23. The maximum Gasteiger partial charge on any atom is 0.251 e. The van der Waals surface area contributed by atoms with Crippen molar-refractivity contribution < 1.29 is 17.9 Å². The molecule has 1 atom stereocenters. The van der Waals surface area contributed by atoms with Crippen LogP contribution in [0.3, 0.4) is 0 Å². The molecule has 146 valence electrons. The molecule has 2 rings (SSSR count). The summed E-state index contributed by atoms with van der Waals surface area (Å²) in [5, 5.41) is 2.88. The van der Waals surface area contributed by atoms with Crippen molar-refractivity contribution in [3.8, 4) is 5.75 Å². The van der Waals surface area contributed by atoms with Crippen LogP contribution in [0, 0.1) is 0 Å². The van der Waals surface area contributed by atoms with Crippen molar-refractivity contribution in [1.82, 2.24) is 10.0 Å². The fourth-order valence-electron chi connectivity index (χ4n) is 2.48. The van der Waals surface area contributed by atoms with Gasteiger partial charge in [-0.05, 0) is 49.2 Å². The number of rotatable bonds is 8. The average molecular weight is 455 g/mol. The van der Waals surface area contributed by atoms with Crippen LogP contribution in [0.15, 0.2) is 51.8 Å². The number of sulfonamides is 1. The molecule has 0 aliphatic heterocycles. The summed E-state index contributed by atoms with van der Waals surface area (Å²) in [6.45, 7) is 4.04. The van der Waals surface area contributed by atoms with Crippen LogP contribution in [0.1, 0.15) is 42.2 Å². The van der Waals surface area contributed by atoms with Gasteiger partial charge in [0, 0.05) is 16.6 Å². The van der Waals surface area contributed by atoms with Crippen molar-refractivity contribution in [2.24, 2.45) is 0 Å². The van der Waals surface area contributed by atoms with Crippen LogP contribution < -0.4 is 14.8 Å². The molecule has 0 radical (unpaired) electrons. The van der Waals surface area contributed by atoms with Gasteiger partial charge in [0.25, 0.3) is 5.91 Å². The van der Waals surface area contributed by atoms with E-state index in [0.29, 0.717) is 13.0 Å². The number of ether oxygens (including phenoxy) is 1. The molecule has 2 aromatic carbocycles. The Morgan fingerprint density at radius 2 is 1.96 bits per heavy atom. The summed E-state index contributed by atoms with van der Waals surface area (Å²) in [6, 6.07) is 11.7. The maximum atomic E-state index is 12.6. The summed E-state index contributed by atoms with van der Waals surface area (Å²) in [7, 11) is -2.38. The number of carbonyl (C=O) groups excluding carboxylic acids is 1. The predicted molar refractivity (Wildman–Crippen MR) is 108 cm³/mol. The molecular formula is C19H23BrN2O4S. The Labute approximate surface area is 168 Å². The first-order valence-corrected chi connectivity index (χ1v) is 10.8. The number of amides is 1. The summed E-state index contributed by atoms with van der Waals surface area (Å²) in [4.78, 5) is 12.6. The normalized spacial score (nSPS) is 12.4. The van der Waals surface area contributed by atoms with Gasteiger partial charge in [-0.2, -0.15) is 0 Å². The van der Waals surface area contributed by atoms with Crippen LogP contribution in [-0.4, -0.2) is 28.0 Å². The molecule has 0 saturated carbocycles. The summed E-state index contributed by atoms with van der Waals surface area (Å²) in [5.41, 5.74) is 1.18. The minimum absolute atomic E-state index is 0.0544. The summed E-state index contributed by atoms with van der Waals surface area (Å²) in [5.74, 6) is -0.174. The van der Waals surface area contributed by atoms with Crippen LogP contribution in [-0.2, 0) is 10.0 Å². The molecule has 8 heteroatoms. The minimum atomic E-state index is -3.77. The topological polar surface area (TPSA) is 84.5 Å². The number of carbonyl (C=O) groups is 1. The minimum Gasteiger partial charge on any atom is -0.495 e. The molecule has 1 amide bonds. The monoisotopic (exact) mass is 454 g/mol. The molecule has 0 heterocycles. The smallest absolute Gasteiger partial charge is 0.251 e. The zero-order chi connectivity index (χ0) is 20.0. The van der Waals surface area contributed by atoms with Gasteiger partial charge in [-0.25, -0.2) is 13.1 Å². The van der Waals surface area contributed by atoms with Crippen LogP contribution in [0.2, 0.25) is 0 Å². The van der Waals surface area contributed by atoms with E-state index in [2.05, 4.69) is 26.0 Å². The largest absolute Gasteiger partial charge is 0.495 e. The molecule has 0 aromatic heterocycles. The molecule has 0 aliphatic rings. The highest BCUT2D eigenvalue weighted by atomic mass is 79.9. The van der Waals surface area contributed by atoms with Crippen molar-refractivity contribution in [1.29, 1.82) is 0 Å². The molecule has 2 N–H and O–H groups in total. The molecule has 0 fully saturated rings. The van der Waals surface area contributed by atoms with Gasteiger partial charge in [0.05, 0.1) is 13.2 Å². The first-order chi connectivity index (χ1) is 12.8. The molecule has 1 unspecified atom stereocenters. The highest BCUT2D eigenvalue weighted by Gasteiger charge is 2.22. The van der Waals surface area contributed by atoms with E-state index in [-0.39, 0.29) is 28.2 Å². The number of nitrogens with one attached hydrogen (secondary N) is 2. The van der Waals surface area contributed by atoms with Gasteiger partial charge in [0.1, 0.15) is 10.6 Å². The van der Waals surface area contributed by atoms with Gasteiger partial charge >= 0.3 is 0 Å². The SMILES string of the molecule is CCCNS(=O)(=O)c1cc(C(=O)NC(C)c2cccc(Br)c2)ccc1OC. The Morgan fingerprint density at radius 3 is 2.59 bits per heavy atom. The van der Waals surface area contributed by atoms with Gasteiger partial charge in [-0.3, -0.25) is 4.79 Å². The van der Waals surface area contributed by atoms with Crippen molar-refractivity contribution in [2.45, 2.75) is 31.2 Å². The number of benzene rings is 2. The Morgan fingerprint density at radius 1 is 1.22 bits per heavy atom. The van der Waals surface area contributed by atoms with Crippen molar-refractivity contribution in [3.63, 3.8) is 0 Å².